The number of hydrogen-bond donors (Lipinski definition) is 1. The van der Waals surface area contributed by atoms with Crippen LogP contribution in [0.4, 0.5) is 0 Å². The molecular weight excluding hydrogens is 418 g/mol. The van der Waals surface area contributed by atoms with Crippen LogP contribution in [0.3, 0.4) is 0 Å². The predicted molar refractivity (Wildman–Crippen MR) is 124 cm³/mol. The second kappa shape index (κ2) is 12.2. The number of carbonyl (C=O) groups excluding carboxylic acids is 2. The number of fused-ring (bicyclic) bond motifs is 2. The Labute approximate surface area is 189 Å². The Balaban J connectivity index is 0.000000445. The number of hydrogen-bond acceptors (Lipinski definition) is 6. The van der Waals surface area contributed by atoms with Gasteiger partial charge in [0, 0.05) is 0 Å². The van der Waals surface area contributed by atoms with Crippen molar-refractivity contribution >= 4 is 22.0 Å². The van der Waals surface area contributed by atoms with Gasteiger partial charge < -0.3 is 9.47 Å². The van der Waals surface area contributed by atoms with Crippen molar-refractivity contribution in [1.29, 1.82) is 0 Å². The zero-order valence-electron chi connectivity index (χ0n) is 21.0. The van der Waals surface area contributed by atoms with Gasteiger partial charge in [0.2, 0.25) is 10.0 Å². The number of carbonyl (C=O) groups is 2. The molecule has 0 aromatic carbocycles. The normalized spacial score (nSPS) is 23.6. The highest BCUT2D eigenvalue weighted by Gasteiger charge is 2.44. The summed E-state index contributed by atoms with van der Waals surface area (Å²) in [7, 11) is -1.82. The fourth-order valence-electron chi connectivity index (χ4n) is 3.52. The Morgan fingerprint density at radius 3 is 1.84 bits per heavy atom. The highest BCUT2D eigenvalue weighted by molar-refractivity contribution is 7.89. The molecule has 0 spiro atoms. The van der Waals surface area contributed by atoms with Crippen LogP contribution in [0.1, 0.15) is 93.9 Å². The van der Waals surface area contributed by atoms with Crippen molar-refractivity contribution in [2.45, 2.75) is 105 Å². The average molecular weight is 464 g/mol. The van der Waals surface area contributed by atoms with Gasteiger partial charge in [-0.05, 0) is 78.6 Å². The van der Waals surface area contributed by atoms with Crippen molar-refractivity contribution in [2.75, 3.05) is 7.11 Å². The van der Waals surface area contributed by atoms with Crippen LogP contribution >= 0.6 is 0 Å². The third-order valence-corrected chi connectivity index (χ3v) is 7.57. The standard InChI is InChI=1S/C10H20O2.C7H13NO2S.C6H12O2/c1-7-10(5,6)8(11)12-9(2,3)4;8-11(9,10)7-4-5-1-2-6(7)3-5;1-4-5(2)6(7)8-3/h7H2,1-6H3;5-7H,1-4H2,(H2,8,9,10);5H,4H2,1-3H3. The number of methoxy groups -OCH3 is 1. The van der Waals surface area contributed by atoms with Gasteiger partial charge in [0.15, 0.2) is 0 Å². The van der Waals surface area contributed by atoms with E-state index in [4.69, 9.17) is 9.88 Å². The van der Waals surface area contributed by atoms with Crippen LogP contribution < -0.4 is 5.14 Å². The molecule has 2 saturated carbocycles. The molecule has 8 heteroatoms. The lowest BCUT2D eigenvalue weighted by atomic mass is 9.90. The SMILES string of the molecule is CCC(C)(C)C(=O)OC(C)(C)C.CCC(C)C(=O)OC.NS(=O)(=O)C1CC2CCC1C2. The number of ether oxygens (including phenoxy) is 2. The molecule has 2 bridgehead atoms. The molecule has 184 valence electrons. The Bertz CT molecular complexity index is 681. The molecule has 0 amide bonds. The predicted octanol–water partition coefficient (Wildman–Crippen LogP) is 4.43. The van der Waals surface area contributed by atoms with Crippen LogP contribution in [0.2, 0.25) is 0 Å². The first-order valence-electron chi connectivity index (χ1n) is 11.3. The van der Waals surface area contributed by atoms with E-state index in [9.17, 15) is 18.0 Å². The van der Waals surface area contributed by atoms with E-state index in [0.29, 0.717) is 11.8 Å². The Kier molecular flexibility index (Phi) is 11.7. The van der Waals surface area contributed by atoms with Crippen molar-refractivity contribution in [2.24, 2.45) is 28.3 Å². The minimum Gasteiger partial charge on any atom is -0.469 e. The molecule has 4 atom stereocenters. The maximum Gasteiger partial charge on any atom is 0.312 e. The fraction of sp³-hybridized carbons (Fsp3) is 0.913. The van der Waals surface area contributed by atoms with Crippen molar-refractivity contribution in [1.82, 2.24) is 0 Å². The van der Waals surface area contributed by atoms with E-state index in [1.165, 1.54) is 13.5 Å². The smallest absolute Gasteiger partial charge is 0.312 e. The Morgan fingerprint density at radius 2 is 1.61 bits per heavy atom. The van der Waals surface area contributed by atoms with E-state index in [0.717, 1.165) is 32.1 Å². The first-order chi connectivity index (χ1) is 14.0. The molecule has 0 heterocycles. The van der Waals surface area contributed by atoms with E-state index < -0.39 is 10.0 Å². The van der Waals surface area contributed by atoms with Crippen LogP contribution in [-0.2, 0) is 29.1 Å². The zero-order chi connectivity index (χ0) is 24.6. The lowest BCUT2D eigenvalue weighted by molar-refractivity contribution is -0.165. The molecule has 2 fully saturated rings. The largest absolute Gasteiger partial charge is 0.469 e. The van der Waals surface area contributed by atoms with Gasteiger partial charge in [0.25, 0.3) is 0 Å². The van der Waals surface area contributed by atoms with Gasteiger partial charge in [-0.3, -0.25) is 9.59 Å². The molecule has 2 aliphatic carbocycles. The number of esters is 2. The molecule has 7 nitrogen and oxygen atoms in total. The summed E-state index contributed by atoms with van der Waals surface area (Å²) in [6.07, 6.45) is 5.88. The monoisotopic (exact) mass is 463 g/mol. The molecule has 0 aromatic rings. The second-order valence-electron chi connectivity index (χ2n) is 10.4. The molecule has 2 N–H and O–H groups in total. The van der Waals surface area contributed by atoms with Crippen LogP contribution in [0.25, 0.3) is 0 Å². The number of rotatable bonds is 5. The Morgan fingerprint density at radius 1 is 1.06 bits per heavy atom. The third kappa shape index (κ3) is 10.8. The summed E-state index contributed by atoms with van der Waals surface area (Å²) in [5, 5.41) is 4.89. The van der Waals surface area contributed by atoms with Gasteiger partial charge in [0.1, 0.15) is 5.60 Å². The highest BCUT2D eigenvalue weighted by Crippen LogP contribution is 2.46. The van der Waals surface area contributed by atoms with Gasteiger partial charge in [0.05, 0.1) is 23.7 Å². The summed E-state index contributed by atoms with van der Waals surface area (Å²) < 4.78 is 31.7. The van der Waals surface area contributed by atoms with Crippen molar-refractivity contribution in [3.63, 3.8) is 0 Å². The van der Waals surface area contributed by atoms with Crippen LogP contribution in [0.15, 0.2) is 0 Å². The third-order valence-electron chi connectivity index (χ3n) is 6.15. The molecule has 0 saturated heterocycles. The van der Waals surface area contributed by atoms with E-state index in [1.807, 2.05) is 55.4 Å². The summed E-state index contributed by atoms with van der Waals surface area (Å²) in [6.45, 7) is 15.3. The van der Waals surface area contributed by atoms with Crippen LogP contribution in [-0.4, -0.2) is 38.3 Å². The quantitative estimate of drug-likeness (QED) is 0.603. The van der Waals surface area contributed by atoms with Crippen molar-refractivity contribution in [3.05, 3.63) is 0 Å². The summed E-state index contributed by atoms with van der Waals surface area (Å²) in [5.74, 6) is 0.864. The number of sulfonamides is 1. The molecule has 0 aromatic heterocycles. The molecule has 31 heavy (non-hydrogen) atoms. The van der Waals surface area contributed by atoms with E-state index >= 15 is 0 Å². The minimum atomic E-state index is -3.23. The molecular formula is C23H45NO6S. The lowest BCUT2D eigenvalue weighted by Gasteiger charge is -2.27. The highest BCUT2D eigenvalue weighted by atomic mass is 32.2. The summed E-state index contributed by atoms with van der Waals surface area (Å²) in [6, 6.07) is 0. The van der Waals surface area contributed by atoms with Gasteiger partial charge in [-0.15, -0.1) is 0 Å². The fourth-order valence-corrected chi connectivity index (χ4v) is 4.84. The maximum atomic E-state index is 11.5. The maximum absolute atomic E-state index is 11.5. The van der Waals surface area contributed by atoms with Crippen LogP contribution in [0.5, 0.6) is 0 Å². The first-order valence-corrected chi connectivity index (χ1v) is 12.9. The number of nitrogens with two attached hydrogens (primary N) is 1. The molecule has 0 radical (unpaired) electrons. The molecule has 4 unspecified atom stereocenters. The van der Waals surface area contributed by atoms with Gasteiger partial charge in [-0.2, -0.15) is 0 Å². The molecule has 2 aliphatic rings. The zero-order valence-corrected chi connectivity index (χ0v) is 21.8. The first kappa shape index (κ1) is 29.9. The summed E-state index contributed by atoms with van der Waals surface area (Å²) >= 11 is 0. The van der Waals surface area contributed by atoms with Crippen LogP contribution in [0, 0.1) is 23.2 Å². The second-order valence-corrected chi connectivity index (χ2v) is 12.2. The summed E-state index contributed by atoms with van der Waals surface area (Å²) in [5.41, 5.74) is -0.725. The van der Waals surface area contributed by atoms with Gasteiger partial charge in [-0.25, -0.2) is 13.6 Å². The molecule has 2 rings (SSSR count). The van der Waals surface area contributed by atoms with Crippen molar-refractivity contribution in [3.8, 4) is 0 Å². The van der Waals surface area contributed by atoms with E-state index in [2.05, 4.69) is 4.74 Å². The summed E-state index contributed by atoms with van der Waals surface area (Å²) in [4.78, 5) is 22.0. The lowest BCUT2D eigenvalue weighted by Crippen LogP contribution is -2.33. The van der Waals surface area contributed by atoms with Crippen molar-refractivity contribution < 1.29 is 27.5 Å². The molecule has 0 aliphatic heterocycles. The Hall–Kier alpha value is -1.15. The topological polar surface area (TPSA) is 113 Å². The van der Waals surface area contributed by atoms with Gasteiger partial charge >= 0.3 is 11.9 Å². The average Bonchev–Trinajstić information content (AvgIpc) is 3.29. The van der Waals surface area contributed by atoms with E-state index in [1.54, 1.807) is 0 Å². The van der Waals surface area contributed by atoms with E-state index in [-0.39, 0.29) is 34.1 Å². The number of primary sulfonamides is 1. The van der Waals surface area contributed by atoms with Gasteiger partial charge in [-0.1, -0.05) is 27.2 Å². The minimum absolute atomic E-state index is 0.0556.